The molecule has 1 aromatic heterocycles. The van der Waals surface area contributed by atoms with Gasteiger partial charge in [-0.2, -0.15) is 0 Å². The Morgan fingerprint density at radius 3 is 2.94 bits per heavy atom. The normalized spacial score (nSPS) is 14.7. The van der Waals surface area contributed by atoms with Gasteiger partial charge in [-0.15, -0.1) is 5.10 Å². The molecule has 1 heterocycles. The van der Waals surface area contributed by atoms with Crippen LogP contribution in [0.2, 0.25) is 0 Å². The molecule has 3 rings (SSSR count). The van der Waals surface area contributed by atoms with Gasteiger partial charge < -0.3 is 10.1 Å². The predicted molar refractivity (Wildman–Crippen MR) is 74.0 cm³/mol. The van der Waals surface area contributed by atoms with E-state index in [1.165, 1.54) is 24.2 Å². The number of nitrogens with zero attached hydrogens (tertiary/aromatic N) is 2. The van der Waals surface area contributed by atoms with Gasteiger partial charge >= 0.3 is 0 Å². The van der Waals surface area contributed by atoms with Crippen molar-refractivity contribution in [3.8, 4) is 10.9 Å². The lowest BCUT2D eigenvalue weighted by molar-refractivity contribution is 0.470. The molecule has 1 aliphatic carbocycles. The van der Waals surface area contributed by atoms with Crippen LogP contribution in [-0.2, 0) is 6.54 Å². The maximum Gasteiger partial charge on any atom is 0.299 e. The molecule has 1 aliphatic rings. The van der Waals surface area contributed by atoms with Crippen molar-refractivity contribution in [2.24, 2.45) is 0 Å². The fraction of sp³-hybridized carbons (Fsp3) is 0.333. The van der Waals surface area contributed by atoms with E-state index in [4.69, 9.17) is 4.74 Å². The van der Waals surface area contributed by atoms with Crippen LogP contribution in [0.15, 0.2) is 28.7 Å². The zero-order chi connectivity index (χ0) is 12.4. The van der Waals surface area contributed by atoms with Gasteiger partial charge in [-0.3, -0.25) is 0 Å². The van der Waals surface area contributed by atoms with Crippen molar-refractivity contribution >= 4 is 27.3 Å². The van der Waals surface area contributed by atoms with Crippen molar-refractivity contribution in [3.63, 3.8) is 0 Å². The van der Waals surface area contributed by atoms with Crippen LogP contribution >= 0.6 is 27.3 Å². The number of halogens is 1. The molecule has 0 unspecified atom stereocenters. The van der Waals surface area contributed by atoms with Crippen LogP contribution in [0.1, 0.15) is 17.8 Å². The Balaban J connectivity index is 1.63. The van der Waals surface area contributed by atoms with Gasteiger partial charge in [-0.25, -0.2) is 0 Å². The number of hydrogen-bond donors (Lipinski definition) is 1. The maximum atomic E-state index is 5.68. The monoisotopic (exact) mass is 325 g/mol. The Hall–Kier alpha value is -0.980. The minimum Gasteiger partial charge on any atom is -0.429 e. The van der Waals surface area contributed by atoms with Crippen LogP contribution in [0.5, 0.6) is 10.9 Å². The van der Waals surface area contributed by atoms with E-state index in [-0.39, 0.29) is 0 Å². The van der Waals surface area contributed by atoms with Crippen molar-refractivity contribution in [3.05, 3.63) is 33.7 Å². The quantitative estimate of drug-likeness (QED) is 0.915. The lowest BCUT2D eigenvalue weighted by Crippen LogP contribution is -2.14. The molecule has 2 aromatic rings. The van der Waals surface area contributed by atoms with Gasteiger partial charge in [0.15, 0.2) is 0 Å². The van der Waals surface area contributed by atoms with Gasteiger partial charge in [0, 0.05) is 6.04 Å². The van der Waals surface area contributed by atoms with Gasteiger partial charge in [0.05, 0.1) is 11.0 Å². The second kappa shape index (κ2) is 5.34. The Labute approximate surface area is 118 Å². The summed E-state index contributed by atoms with van der Waals surface area (Å²) in [6.07, 6.45) is 2.55. The van der Waals surface area contributed by atoms with E-state index in [2.05, 4.69) is 31.4 Å². The molecule has 0 spiro atoms. The first-order valence-corrected chi connectivity index (χ1v) is 7.40. The SMILES string of the molecule is Brc1ccccc1Oc1nnc(CNC2CC2)s1. The van der Waals surface area contributed by atoms with Crippen molar-refractivity contribution in [1.29, 1.82) is 0 Å². The molecule has 0 amide bonds. The van der Waals surface area contributed by atoms with Gasteiger partial charge in [0.2, 0.25) is 0 Å². The fourth-order valence-electron chi connectivity index (χ4n) is 1.49. The summed E-state index contributed by atoms with van der Waals surface area (Å²) in [4.78, 5) is 0. The maximum absolute atomic E-state index is 5.68. The first kappa shape index (κ1) is 12.1. The molecule has 4 nitrogen and oxygen atoms in total. The van der Waals surface area contributed by atoms with Gasteiger partial charge in [-0.05, 0) is 40.9 Å². The van der Waals surface area contributed by atoms with Crippen LogP contribution in [0, 0.1) is 0 Å². The number of aromatic nitrogens is 2. The lowest BCUT2D eigenvalue weighted by atomic mass is 10.3. The molecule has 1 N–H and O–H groups in total. The third kappa shape index (κ3) is 3.07. The van der Waals surface area contributed by atoms with E-state index in [0.29, 0.717) is 11.2 Å². The largest absolute Gasteiger partial charge is 0.429 e. The average Bonchev–Trinajstić information content (AvgIpc) is 3.10. The summed E-state index contributed by atoms with van der Waals surface area (Å²) in [6.45, 7) is 0.779. The molecule has 1 aromatic carbocycles. The number of rotatable bonds is 5. The predicted octanol–water partition coefficient (Wildman–Crippen LogP) is 3.34. The Morgan fingerprint density at radius 2 is 2.17 bits per heavy atom. The van der Waals surface area contributed by atoms with Crippen LogP contribution in [0.25, 0.3) is 0 Å². The number of benzene rings is 1. The molecule has 0 bridgehead atoms. The zero-order valence-corrected chi connectivity index (χ0v) is 12.0. The van der Waals surface area contributed by atoms with Crippen LogP contribution in [0.3, 0.4) is 0 Å². The summed E-state index contributed by atoms with van der Waals surface area (Å²) >= 11 is 4.92. The van der Waals surface area contributed by atoms with Crippen molar-refractivity contribution in [1.82, 2.24) is 15.5 Å². The van der Waals surface area contributed by atoms with E-state index in [9.17, 15) is 0 Å². The summed E-state index contributed by atoms with van der Waals surface area (Å²) in [5.41, 5.74) is 0. The summed E-state index contributed by atoms with van der Waals surface area (Å²) in [5.74, 6) is 0.760. The molecular weight excluding hydrogens is 314 g/mol. The van der Waals surface area contributed by atoms with Crippen LogP contribution < -0.4 is 10.1 Å². The third-order valence-electron chi connectivity index (χ3n) is 2.60. The van der Waals surface area contributed by atoms with Crippen LogP contribution in [-0.4, -0.2) is 16.2 Å². The highest BCUT2D eigenvalue weighted by molar-refractivity contribution is 9.10. The highest BCUT2D eigenvalue weighted by Gasteiger charge is 2.20. The van der Waals surface area contributed by atoms with E-state index in [0.717, 1.165) is 21.8 Å². The molecule has 0 atom stereocenters. The summed E-state index contributed by atoms with van der Waals surface area (Å²) < 4.78 is 6.60. The number of nitrogens with one attached hydrogen (secondary N) is 1. The number of ether oxygens (including phenoxy) is 1. The first-order chi connectivity index (χ1) is 8.81. The number of hydrogen-bond acceptors (Lipinski definition) is 5. The molecule has 0 radical (unpaired) electrons. The molecular formula is C12H12BrN3OS. The lowest BCUT2D eigenvalue weighted by Gasteiger charge is -2.02. The van der Waals surface area contributed by atoms with E-state index < -0.39 is 0 Å². The molecule has 18 heavy (non-hydrogen) atoms. The summed E-state index contributed by atoms with van der Waals surface area (Å²) in [5, 5.41) is 13.1. The molecule has 0 saturated heterocycles. The first-order valence-electron chi connectivity index (χ1n) is 5.79. The number of para-hydroxylation sites is 1. The minimum absolute atomic E-state index is 0.578. The molecule has 1 saturated carbocycles. The van der Waals surface area contributed by atoms with Gasteiger partial charge in [0.1, 0.15) is 10.8 Å². The van der Waals surface area contributed by atoms with E-state index >= 15 is 0 Å². The standard InChI is InChI=1S/C12H12BrN3OS/c13-9-3-1-2-4-10(9)17-12-16-15-11(18-12)7-14-8-5-6-8/h1-4,8,14H,5-7H2. The molecule has 94 valence electrons. The van der Waals surface area contributed by atoms with Crippen molar-refractivity contribution in [2.75, 3.05) is 0 Å². The van der Waals surface area contributed by atoms with E-state index in [1.807, 2.05) is 24.3 Å². The topological polar surface area (TPSA) is 47.0 Å². The fourth-order valence-corrected chi connectivity index (χ4v) is 2.51. The highest BCUT2D eigenvalue weighted by atomic mass is 79.9. The average molecular weight is 326 g/mol. The second-order valence-corrected chi connectivity index (χ2v) is 6.03. The summed E-state index contributed by atoms with van der Waals surface area (Å²) in [6, 6.07) is 8.39. The van der Waals surface area contributed by atoms with Crippen molar-refractivity contribution < 1.29 is 4.74 Å². The van der Waals surface area contributed by atoms with E-state index in [1.54, 1.807) is 0 Å². The Morgan fingerprint density at radius 1 is 1.33 bits per heavy atom. The molecule has 1 fully saturated rings. The van der Waals surface area contributed by atoms with Gasteiger partial charge in [-0.1, -0.05) is 28.6 Å². The van der Waals surface area contributed by atoms with Gasteiger partial charge in [0.25, 0.3) is 5.19 Å². The minimum atomic E-state index is 0.578. The molecule has 6 heteroatoms. The highest BCUT2D eigenvalue weighted by Crippen LogP contribution is 2.31. The smallest absolute Gasteiger partial charge is 0.299 e. The Bertz CT molecular complexity index is 542. The zero-order valence-electron chi connectivity index (χ0n) is 9.60. The summed E-state index contributed by atoms with van der Waals surface area (Å²) in [7, 11) is 0. The second-order valence-electron chi connectivity index (χ2n) is 4.15. The molecule has 0 aliphatic heterocycles. The van der Waals surface area contributed by atoms with Crippen LogP contribution in [0.4, 0.5) is 0 Å². The van der Waals surface area contributed by atoms with Crippen molar-refractivity contribution in [2.45, 2.75) is 25.4 Å². The third-order valence-corrected chi connectivity index (χ3v) is 4.06. The Kier molecular flexibility index (Phi) is 3.58.